The molecule has 208 valence electrons. The van der Waals surface area contributed by atoms with Crippen LogP contribution in [0.2, 0.25) is 0 Å². The number of rotatable bonds is 19. The second-order valence-electron chi connectivity index (χ2n) is 9.79. The van der Waals surface area contributed by atoms with E-state index in [1.807, 2.05) is 30.3 Å². The molecule has 38 heavy (non-hydrogen) atoms. The molecule has 0 unspecified atom stereocenters. The number of nitrogens with zero attached hydrogens (tertiary/aromatic N) is 4. The molecule has 0 aliphatic rings. The summed E-state index contributed by atoms with van der Waals surface area (Å²) >= 11 is 0. The van der Waals surface area contributed by atoms with Crippen molar-refractivity contribution >= 4 is 28.7 Å². The number of nitrogens with one attached hydrogen (secondary N) is 1. The number of likely N-dealkylation sites (N-methyl/N-ethyl adjacent to an activating group) is 1. The SMILES string of the molecule is CCCCCCCCCCCCc1ccc(N=Nc2ccc(N(CC)CCNC(C)=O)cc2)c([N+](=O)[O-])c1. The molecule has 0 bridgehead atoms. The Balaban J connectivity index is 1.86. The van der Waals surface area contributed by atoms with E-state index < -0.39 is 0 Å². The minimum Gasteiger partial charge on any atom is -0.370 e. The van der Waals surface area contributed by atoms with Crippen LogP contribution in [0, 0.1) is 10.1 Å². The number of carbonyl (C=O) groups excluding carboxylic acids is 1. The Labute approximate surface area is 228 Å². The van der Waals surface area contributed by atoms with Crippen LogP contribution in [0.1, 0.15) is 90.5 Å². The number of carbonyl (C=O) groups is 1. The van der Waals surface area contributed by atoms with E-state index in [-0.39, 0.29) is 22.2 Å². The van der Waals surface area contributed by atoms with Crippen molar-refractivity contribution in [2.45, 2.75) is 91.4 Å². The first-order valence-corrected chi connectivity index (χ1v) is 14.2. The van der Waals surface area contributed by atoms with Gasteiger partial charge in [0.1, 0.15) is 0 Å². The number of benzene rings is 2. The van der Waals surface area contributed by atoms with Crippen molar-refractivity contribution in [1.82, 2.24) is 5.32 Å². The minimum absolute atomic E-state index is 0.00919. The van der Waals surface area contributed by atoms with Gasteiger partial charge in [0.15, 0.2) is 5.69 Å². The average Bonchev–Trinajstić information content (AvgIpc) is 2.91. The highest BCUT2D eigenvalue weighted by Gasteiger charge is 2.14. The summed E-state index contributed by atoms with van der Waals surface area (Å²) in [5, 5.41) is 22.9. The third-order valence-electron chi connectivity index (χ3n) is 6.68. The molecule has 0 saturated heterocycles. The second kappa shape index (κ2) is 18.0. The molecule has 2 aromatic carbocycles. The van der Waals surface area contributed by atoms with Crippen molar-refractivity contribution in [3.63, 3.8) is 0 Å². The van der Waals surface area contributed by atoms with Gasteiger partial charge in [0.2, 0.25) is 5.91 Å². The first-order valence-electron chi connectivity index (χ1n) is 14.2. The number of aryl methyl sites for hydroxylation is 1. The highest BCUT2D eigenvalue weighted by Crippen LogP contribution is 2.31. The van der Waals surface area contributed by atoms with Gasteiger partial charge in [0, 0.05) is 38.3 Å². The quantitative estimate of drug-likeness (QED) is 0.0864. The number of azo groups is 1. The standard InChI is InChI=1S/C30H45N5O3/c1-4-6-7-8-9-10-11-12-13-14-15-26-16-21-29(30(24-26)35(37)38)33-32-27-17-19-28(20-18-27)34(5-2)23-22-31-25(3)36/h16-21,24H,4-15,22-23H2,1-3H3,(H,31,36). The molecule has 0 aliphatic carbocycles. The summed E-state index contributed by atoms with van der Waals surface area (Å²) in [5.74, 6) is -0.0438. The van der Waals surface area contributed by atoms with Crippen LogP contribution in [-0.4, -0.2) is 30.5 Å². The van der Waals surface area contributed by atoms with Crippen LogP contribution >= 0.6 is 0 Å². The van der Waals surface area contributed by atoms with E-state index in [9.17, 15) is 14.9 Å². The van der Waals surface area contributed by atoms with Gasteiger partial charge in [-0.25, -0.2) is 0 Å². The summed E-state index contributed by atoms with van der Waals surface area (Å²) in [4.78, 5) is 24.5. The number of anilines is 1. The first-order chi connectivity index (χ1) is 18.4. The lowest BCUT2D eigenvalue weighted by atomic mass is 10.0. The van der Waals surface area contributed by atoms with Crippen LogP contribution in [0.25, 0.3) is 0 Å². The van der Waals surface area contributed by atoms with Crippen LogP contribution in [-0.2, 0) is 11.2 Å². The largest absolute Gasteiger partial charge is 0.370 e. The molecular weight excluding hydrogens is 478 g/mol. The zero-order chi connectivity index (χ0) is 27.6. The van der Waals surface area contributed by atoms with E-state index in [2.05, 4.69) is 34.3 Å². The lowest BCUT2D eigenvalue weighted by molar-refractivity contribution is -0.384. The number of amides is 1. The van der Waals surface area contributed by atoms with Gasteiger partial charge >= 0.3 is 0 Å². The molecule has 0 radical (unpaired) electrons. The normalized spacial score (nSPS) is 11.1. The van der Waals surface area contributed by atoms with E-state index in [1.54, 1.807) is 12.1 Å². The number of nitro benzene ring substituents is 1. The fourth-order valence-electron chi connectivity index (χ4n) is 4.45. The van der Waals surface area contributed by atoms with Gasteiger partial charge in [0.25, 0.3) is 5.69 Å². The topological polar surface area (TPSA) is 100 Å². The molecule has 0 fully saturated rings. The van der Waals surface area contributed by atoms with Gasteiger partial charge in [-0.3, -0.25) is 14.9 Å². The van der Waals surface area contributed by atoms with Gasteiger partial charge in [-0.15, -0.1) is 5.11 Å². The lowest BCUT2D eigenvalue weighted by Crippen LogP contribution is -2.33. The maximum Gasteiger partial charge on any atom is 0.296 e. The molecule has 2 rings (SSSR count). The van der Waals surface area contributed by atoms with Crippen molar-refractivity contribution in [3.8, 4) is 0 Å². The first kappa shape index (κ1) is 30.9. The summed E-state index contributed by atoms with van der Waals surface area (Å²) in [7, 11) is 0. The van der Waals surface area contributed by atoms with Gasteiger partial charge < -0.3 is 10.2 Å². The van der Waals surface area contributed by atoms with E-state index in [0.717, 1.165) is 37.1 Å². The zero-order valence-corrected chi connectivity index (χ0v) is 23.5. The molecule has 1 amide bonds. The monoisotopic (exact) mass is 523 g/mol. The third-order valence-corrected chi connectivity index (χ3v) is 6.68. The molecule has 0 atom stereocenters. The van der Waals surface area contributed by atoms with Crippen LogP contribution < -0.4 is 10.2 Å². The van der Waals surface area contributed by atoms with Crippen molar-refractivity contribution in [1.29, 1.82) is 0 Å². The summed E-state index contributed by atoms with van der Waals surface area (Å²) in [5.41, 5.74) is 2.86. The summed E-state index contributed by atoms with van der Waals surface area (Å²) in [6.45, 7) is 7.89. The maximum absolute atomic E-state index is 11.7. The highest BCUT2D eigenvalue weighted by atomic mass is 16.6. The molecule has 0 spiro atoms. The molecule has 8 nitrogen and oxygen atoms in total. The summed E-state index contributed by atoms with van der Waals surface area (Å²) < 4.78 is 0. The highest BCUT2D eigenvalue weighted by molar-refractivity contribution is 5.72. The van der Waals surface area contributed by atoms with E-state index in [0.29, 0.717) is 18.8 Å². The summed E-state index contributed by atoms with van der Waals surface area (Å²) in [6.07, 6.45) is 13.5. The van der Waals surface area contributed by atoms with E-state index in [4.69, 9.17) is 0 Å². The van der Waals surface area contributed by atoms with Gasteiger partial charge in [-0.1, -0.05) is 70.8 Å². The fraction of sp³-hybridized carbons (Fsp3) is 0.567. The number of hydrogen-bond acceptors (Lipinski definition) is 6. The molecular formula is C30H45N5O3. The van der Waals surface area contributed by atoms with Crippen molar-refractivity contribution in [2.24, 2.45) is 10.2 Å². The molecule has 0 aromatic heterocycles. The maximum atomic E-state index is 11.7. The molecule has 0 saturated carbocycles. The Morgan fingerprint density at radius 3 is 2.11 bits per heavy atom. The second-order valence-corrected chi connectivity index (χ2v) is 9.79. The predicted octanol–water partition coefficient (Wildman–Crippen LogP) is 8.44. The van der Waals surface area contributed by atoms with Gasteiger partial charge in [-0.05, 0) is 55.7 Å². The Hall–Kier alpha value is -3.29. The molecule has 2 aromatic rings. The Morgan fingerprint density at radius 2 is 1.53 bits per heavy atom. The third kappa shape index (κ3) is 11.8. The Bertz CT molecular complexity index is 1010. The predicted molar refractivity (Wildman–Crippen MR) is 156 cm³/mol. The van der Waals surface area contributed by atoms with Crippen LogP contribution in [0.4, 0.5) is 22.7 Å². The summed E-state index contributed by atoms with van der Waals surface area (Å²) in [6, 6.07) is 12.8. The van der Waals surface area contributed by atoms with E-state index in [1.165, 1.54) is 58.3 Å². The lowest BCUT2D eigenvalue weighted by Gasteiger charge is -2.23. The number of nitro groups is 1. The van der Waals surface area contributed by atoms with Crippen molar-refractivity contribution in [3.05, 3.63) is 58.1 Å². The smallest absolute Gasteiger partial charge is 0.296 e. The number of unbranched alkanes of at least 4 members (excludes halogenated alkanes) is 9. The molecule has 0 aliphatic heterocycles. The molecule has 0 heterocycles. The Morgan fingerprint density at radius 1 is 0.895 bits per heavy atom. The van der Waals surface area contributed by atoms with Crippen LogP contribution in [0.5, 0.6) is 0 Å². The van der Waals surface area contributed by atoms with Crippen molar-refractivity contribution < 1.29 is 9.72 Å². The number of hydrogen-bond donors (Lipinski definition) is 1. The average molecular weight is 524 g/mol. The molecule has 1 N–H and O–H groups in total. The van der Waals surface area contributed by atoms with Gasteiger partial charge in [-0.2, -0.15) is 5.11 Å². The molecule has 8 heteroatoms. The van der Waals surface area contributed by atoms with E-state index >= 15 is 0 Å². The van der Waals surface area contributed by atoms with Gasteiger partial charge in [0.05, 0.1) is 10.6 Å². The van der Waals surface area contributed by atoms with Crippen LogP contribution in [0.15, 0.2) is 52.7 Å². The van der Waals surface area contributed by atoms with Crippen molar-refractivity contribution in [2.75, 3.05) is 24.5 Å². The zero-order valence-electron chi connectivity index (χ0n) is 23.5. The minimum atomic E-state index is -0.381. The fourth-order valence-corrected chi connectivity index (χ4v) is 4.45. The Kier molecular flexibility index (Phi) is 14.7. The van der Waals surface area contributed by atoms with Crippen LogP contribution in [0.3, 0.4) is 0 Å².